The monoisotopic (exact) mass is 270 g/mol. The van der Waals surface area contributed by atoms with Crippen molar-refractivity contribution >= 4 is 17.3 Å². The maximum absolute atomic E-state index is 13.1. The molecule has 0 atom stereocenters. The van der Waals surface area contributed by atoms with Gasteiger partial charge in [0.25, 0.3) is 0 Å². The van der Waals surface area contributed by atoms with Crippen molar-refractivity contribution in [1.29, 1.82) is 0 Å². The van der Waals surface area contributed by atoms with Crippen LogP contribution in [0, 0.1) is 0 Å². The van der Waals surface area contributed by atoms with E-state index in [1.807, 2.05) is 0 Å². The van der Waals surface area contributed by atoms with Crippen molar-refractivity contribution in [3.8, 4) is 0 Å². The van der Waals surface area contributed by atoms with E-state index in [4.69, 9.17) is 0 Å². The lowest BCUT2D eigenvalue weighted by Gasteiger charge is -2.51. The molecule has 1 aromatic rings. The fourth-order valence-electron chi connectivity index (χ4n) is 2.91. The Bertz CT molecular complexity index is 549. The zero-order valence-electron chi connectivity index (χ0n) is 10.3. The Morgan fingerprint density at radius 2 is 2.00 bits per heavy atom. The molecule has 19 heavy (non-hydrogen) atoms. The molecule has 0 aromatic heterocycles. The molecule has 1 saturated carbocycles. The van der Waals surface area contributed by atoms with E-state index in [0.717, 1.165) is 12.5 Å². The van der Waals surface area contributed by atoms with Gasteiger partial charge in [-0.1, -0.05) is 6.07 Å². The summed E-state index contributed by atoms with van der Waals surface area (Å²) in [4.78, 5) is 13.6. The van der Waals surface area contributed by atoms with Crippen molar-refractivity contribution in [3.05, 3.63) is 23.8 Å². The van der Waals surface area contributed by atoms with Crippen LogP contribution in [0.3, 0.4) is 0 Å². The number of amides is 1. The van der Waals surface area contributed by atoms with Gasteiger partial charge in [-0.05, 0) is 31.4 Å². The second-order valence-corrected chi connectivity index (χ2v) is 5.10. The Kier molecular flexibility index (Phi) is 2.37. The fraction of sp³-hybridized carbons (Fsp3) is 0.462. The quantitative estimate of drug-likeness (QED) is 0.786. The van der Waals surface area contributed by atoms with Crippen molar-refractivity contribution in [2.24, 2.45) is 0 Å². The minimum Gasteiger partial charge on any atom is -0.358 e. The minimum atomic E-state index is -4.42. The van der Waals surface area contributed by atoms with Crippen molar-refractivity contribution in [2.75, 3.05) is 17.3 Å². The average molecular weight is 270 g/mol. The molecule has 3 rings (SSSR count). The zero-order chi connectivity index (χ0) is 13.8. The van der Waals surface area contributed by atoms with Crippen LogP contribution in [0.2, 0.25) is 0 Å². The summed E-state index contributed by atoms with van der Waals surface area (Å²) in [6.07, 6.45) is -2.37. The second kappa shape index (κ2) is 3.65. The molecule has 6 heteroatoms. The van der Waals surface area contributed by atoms with Gasteiger partial charge in [0.15, 0.2) is 0 Å². The molecule has 2 aliphatic rings. The van der Waals surface area contributed by atoms with Crippen LogP contribution in [0.1, 0.15) is 24.8 Å². The highest BCUT2D eigenvalue weighted by Gasteiger charge is 2.52. The normalized spacial score (nSPS) is 20.8. The number of para-hydroxylation sites is 1. The van der Waals surface area contributed by atoms with Gasteiger partial charge >= 0.3 is 6.18 Å². The molecule has 1 amide bonds. The van der Waals surface area contributed by atoms with Gasteiger partial charge in [0.1, 0.15) is 5.54 Å². The van der Waals surface area contributed by atoms with Gasteiger partial charge < -0.3 is 10.2 Å². The lowest BCUT2D eigenvalue weighted by Crippen LogP contribution is -2.62. The van der Waals surface area contributed by atoms with E-state index in [2.05, 4.69) is 5.32 Å². The van der Waals surface area contributed by atoms with Gasteiger partial charge in [0, 0.05) is 7.05 Å². The number of benzene rings is 1. The molecule has 1 fully saturated rings. The summed E-state index contributed by atoms with van der Waals surface area (Å²) in [6.45, 7) is 0. The number of hydrogen-bond acceptors (Lipinski definition) is 2. The maximum Gasteiger partial charge on any atom is 0.418 e. The van der Waals surface area contributed by atoms with Crippen LogP contribution >= 0.6 is 0 Å². The molecule has 0 radical (unpaired) electrons. The average Bonchev–Trinajstić information content (AvgIpc) is 2.25. The largest absolute Gasteiger partial charge is 0.418 e. The van der Waals surface area contributed by atoms with Gasteiger partial charge in [0.2, 0.25) is 5.91 Å². The third-order valence-electron chi connectivity index (χ3n) is 4.17. The molecule has 1 spiro atoms. The standard InChI is InChI=1S/C13H13F3N2O/c1-18-10-8(13(14,15)16)4-2-5-9(10)17-11(19)12(18)6-3-7-12/h2,4-5H,3,6-7H2,1H3,(H,17,19). The van der Waals surface area contributed by atoms with Crippen molar-refractivity contribution in [1.82, 2.24) is 0 Å². The molecular weight excluding hydrogens is 257 g/mol. The third-order valence-corrected chi connectivity index (χ3v) is 4.17. The molecule has 1 heterocycles. The molecule has 102 valence electrons. The van der Waals surface area contributed by atoms with E-state index >= 15 is 0 Å². The van der Waals surface area contributed by atoms with Crippen LogP contribution in [0.25, 0.3) is 0 Å². The predicted molar refractivity (Wildman–Crippen MR) is 65.1 cm³/mol. The van der Waals surface area contributed by atoms with E-state index in [-0.39, 0.29) is 17.3 Å². The van der Waals surface area contributed by atoms with Gasteiger partial charge in [-0.15, -0.1) is 0 Å². The fourth-order valence-corrected chi connectivity index (χ4v) is 2.91. The molecule has 1 aliphatic carbocycles. The molecule has 1 aromatic carbocycles. The van der Waals surface area contributed by atoms with E-state index in [1.54, 1.807) is 7.05 Å². The Balaban J connectivity index is 2.18. The van der Waals surface area contributed by atoms with Crippen LogP contribution in [0.15, 0.2) is 18.2 Å². The lowest BCUT2D eigenvalue weighted by atomic mass is 9.73. The summed E-state index contributed by atoms with van der Waals surface area (Å²) in [7, 11) is 1.58. The molecule has 3 nitrogen and oxygen atoms in total. The Morgan fingerprint density at radius 1 is 1.32 bits per heavy atom. The number of anilines is 2. The molecule has 0 unspecified atom stereocenters. The highest BCUT2D eigenvalue weighted by molar-refractivity contribution is 6.07. The molecule has 0 bridgehead atoms. The number of rotatable bonds is 0. The van der Waals surface area contributed by atoms with Crippen molar-refractivity contribution in [2.45, 2.75) is 31.0 Å². The number of carbonyl (C=O) groups is 1. The first-order valence-electron chi connectivity index (χ1n) is 6.12. The highest BCUT2D eigenvalue weighted by atomic mass is 19.4. The summed E-state index contributed by atoms with van der Waals surface area (Å²) in [5.74, 6) is -0.201. The van der Waals surface area contributed by atoms with Gasteiger partial charge in [0.05, 0.1) is 16.9 Å². The maximum atomic E-state index is 13.1. The first-order valence-corrected chi connectivity index (χ1v) is 6.12. The summed E-state index contributed by atoms with van der Waals surface area (Å²) in [5, 5.41) is 2.61. The second-order valence-electron chi connectivity index (χ2n) is 5.10. The van der Waals surface area contributed by atoms with E-state index in [0.29, 0.717) is 12.8 Å². The number of nitrogens with one attached hydrogen (secondary N) is 1. The lowest BCUT2D eigenvalue weighted by molar-refractivity contribution is -0.137. The molecule has 1 aliphatic heterocycles. The smallest absolute Gasteiger partial charge is 0.358 e. The summed E-state index contributed by atoms with van der Waals surface area (Å²) in [5.41, 5.74) is -1.18. The SMILES string of the molecule is CN1c2c(cccc2C(F)(F)F)NC(=O)C12CCC2. The van der Waals surface area contributed by atoms with E-state index < -0.39 is 17.3 Å². The van der Waals surface area contributed by atoms with Crippen LogP contribution in [-0.4, -0.2) is 18.5 Å². The number of halogens is 3. The van der Waals surface area contributed by atoms with Crippen LogP contribution in [0.5, 0.6) is 0 Å². The van der Waals surface area contributed by atoms with Crippen LogP contribution < -0.4 is 10.2 Å². The van der Waals surface area contributed by atoms with Crippen molar-refractivity contribution < 1.29 is 18.0 Å². The minimum absolute atomic E-state index is 0.0781. The first-order chi connectivity index (χ1) is 8.86. The number of alkyl halides is 3. The number of carbonyl (C=O) groups excluding carboxylic acids is 1. The van der Waals surface area contributed by atoms with Crippen LogP contribution in [0.4, 0.5) is 24.5 Å². The summed E-state index contributed by atoms with van der Waals surface area (Å²) >= 11 is 0. The topological polar surface area (TPSA) is 32.3 Å². The van der Waals surface area contributed by atoms with Gasteiger partial charge in [-0.2, -0.15) is 13.2 Å². The number of fused-ring (bicyclic) bond motifs is 1. The Hall–Kier alpha value is -1.72. The zero-order valence-corrected chi connectivity index (χ0v) is 10.3. The Morgan fingerprint density at radius 3 is 2.53 bits per heavy atom. The van der Waals surface area contributed by atoms with Crippen LogP contribution in [-0.2, 0) is 11.0 Å². The third kappa shape index (κ3) is 1.55. The Labute approximate surface area is 108 Å². The highest BCUT2D eigenvalue weighted by Crippen LogP contribution is 2.50. The van der Waals surface area contributed by atoms with E-state index in [9.17, 15) is 18.0 Å². The number of likely N-dealkylation sites (N-methyl/N-ethyl adjacent to an activating group) is 1. The molecular formula is C13H13F3N2O. The van der Waals surface area contributed by atoms with Gasteiger partial charge in [-0.25, -0.2) is 0 Å². The number of nitrogens with zero attached hydrogens (tertiary/aromatic N) is 1. The summed E-state index contributed by atoms with van der Waals surface area (Å²) < 4.78 is 39.2. The van der Waals surface area contributed by atoms with Gasteiger partial charge in [-0.3, -0.25) is 4.79 Å². The number of hydrogen-bond donors (Lipinski definition) is 1. The first kappa shape index (κ1) is 12.3. The predicted octanol–water partition coefficient (Wildman–Crippen LogP) is 3.02. The molecule has 0 saturated heterocycles. The van der Waals surface area contributed by atoms with E-state index in [1.165, 1.54) is 17.0 Å². The molecule has 1 N–H and O–H groups in total. The van der Waals surface area contributed by atoms with Crippen molar-refractivity contribution in [3.63, 3.8) is 0 Å². The summed E-state index contributed by atoms with van der Waals surface area (Å²) in [6, 6.07) is 3.87.